The largest absolute Gasteiger partial charge is 0.396 e. The Balaban J connectivity index is 2.00. The Kier molecular flexibility index (Phi) is 4.81. The summed E-state index contributed by atoms with van der Waals surface area (Å²) in [6.07, 6.45) is 5.57. The van der Waals surface area contributed by atoms with Crippen molar-refractivity contribution in [2.45, 2.75) is 46.0 Å². The van der Waals surface area contributed by atoms with Crippen LogP contribution < -0.4 is 5.32 Å². The van der Waals surface area contributed by atoms with E-state index in [4.69, 9.17) is 0 Å². The molecule has 0 spiro atoms. The highest BCUT2D eigenvalue weighted by molar-refractivity contribution is 5.95. The monoisotopic (exact) mass is 275 g/mol. The molecule has 0 atom stereocenters. The van der Waals surface area contributed by atoms with Gasteiger partial charge in [0.05, 0.1) is 6.61 Å². The third-order valence-corrected chi connectivity index (χ3v) is 4.50. The molecule has 3 nitrogen and oxygen atoms in total. The number of carbonyl (C=O) groups excluding carboxylic acids is 1. The number of amides is 1. The van der Waals surface area contributed by atoms with Crippen LogP contribution in [0.3, 0.4) is 0 Å². The van der Waals surface area contributed by atoms with Crippen LogP contribution in [-0.2, 0) is 0 Å². The fraction of sp³-hybridized carbons (Fsp3) is 0.588. The lowest BCUT2D eigenvalue weighted by Crippen LogP contribution is -2.41. The van der Waals surface area contributed by atoms with Crippen LogP contribution in [0.5, 0.6) is 0 Å². The van der Waals surface area contributed by atoms with E-state index in [1.54, 1.807) is 0 Å². The summed E-state index contributed by atoms with van der Waals surface area (Å²) in [5.41, 5.74) is 2.80. The Morgan fingerprint density at radius 3 is 2.55 bits per heavy atom. The first-order valence-corrected chi connectivity index (χ1v) is 7.53. The second kappa shape index (κ2) is 6.40. The summed E-state index contributed by atoms with van der Waals surface area (Å²) >= 11 is 0. The van der Waals surface area contributed by atoms with E-state index in [0.29, 0.717) is 6.54 Å². The molecule has 0 aromatic heterocycles. The highest BCUT2D eigenvalue weighted by Crippen LogP contribution is 2.35. The molecule has 0 unspecified atom stereocenters. The lowest BCUT2D eigenvalue weighted by atomic mass is 9.74. The van der Waals surface area contributed by atoms with E-state index in [-0.39, 0.29) is 17.9 Å². The summed E-state index contributed by atoms with van der Waals surface area (Å²) in [5.74, 6) is -0.0269. The van der Waals surface area contributed by atoms with Crippen molar-refractivity contribution in [1.29, 1.82) is 0 Å². The zero-order valence-electron chi connectivity index (χ0n) is 12.5. The Bertz CT molecular complexity index is 476. The molecule has 3 heteroatoms. The molecule has 20 heavy (non-hydrogen) atoms. The SMILES string of the molecule is Cc1ccc(C(=O)NCC2(CO)CCCCC2)c(C)c1. The van der Waals surface area contributed by atoms with Crippen LogP contribution in [0.4, 0.5) is 0 Å². The van der Waals surface area contributed by atoms with Gasteiger partial charge in [-0.1, -0.05) is 37.0 Å². The molecule has 1 fully saturated rings. The lowest BCUT2D eigenvalue weighted by Gasteiger charge is -2.35. The lowest BCUT2D eigenvalue weighted by molar-refractivity contribution is 0.0717. The van der Waals surface area contributed by atoms with Gasteiger partial charge in [-0.2, -0.15) is 0 Å². The van der Waals surface area contributed by atoms with Gasteiger partial charge in [-0.25, -0.2) is 0 Å². The van der Waals surface area contributed by atoms with Gasteiger partial charge in [0.15, 0.2) is 0 Å². The van der Waals surface area contributed by atoms with Crippen LogP contribution in [0.15, 0.2) is 18.2 Å². The highest BCUT2D eigenvalue weighted by atomic mass is 16.3. The number of benzene rings is 1. The molecule has 1 saturated carbocycles. The van der Waals surface area contributed by atoms with Gasteiger partial charge in [-0.15, -0.1) is 0 Å². The molecular formula is C17H25NO2. The minimum Gasteiger partial charge on any atom is -0.396 e. The molecule has 1 aliphatic carbocycles. The summed E-state index contributed by atoms with van der Waals surface area (Å²) in [4.78, 5) is 12.3. The zero-order chi connectivity index (χ0) is 14.6. The van der Waals surface area contributed by atoms with Crippen LogP contribution in [0, 0.1) is 19.3 Å². The van der Waals surface area contributed by atoms with Gasteiger partial charge in [-0.05, 0) is 38.3 Å². The number of carbonyl (C=O) groups is 1. The van der Waals surface area contributed by atoms with Crippen molar-refractivity contribution >= 4 is 5.91 Å². The molecule has 2 N–H and O–H groups in total. The Labute approximate surface area is 121 Å². The predicted molar refractivity (Wildman–Crippen MR) is 80.9 cm³/mol. The van der Waals surface area contributed by atoms with Crippen molar-refractivity contribution in [3.05, 3.63) is 34.9 Å². The molecule has 1 aliphatic rings. The molecule has 0 radical (unpaired) electrons. The van der Waals surface area contributed by atoms with E-state index < -0.39 is 0 Å². The number of aliphatic hydroxyl groups is 1. The van der Waals surface area contributed by atoms with E-state index in [0.717, 1.165) is 42.4 Å². The zero-order valence-corrected chi connectivity index (χ0v) is 12.5. The Morgan fingerprint density at radius 2 is 1.95 bits per heavy atom. The number of aliphatic hydroxyl groups excluding tert-OH is 1. The molecule has 2 rings (SSSR count). The number of hydrogen-bond donors (Lipinski definition) is 2. The molecule has 1 amide bonds. The maximum atomic E-state index is 12.3. The number of nitrogens with one attached hydrogen (secondary N) is 1. The van der Waals surface area contributed by atoms with Crippen LogP contribution in [0.1, 0.15) is 53.6 Å². The van der Waals surface area contributed by atoms with Crippen LogP contribution in [0.2, 0.25) is 0 Å². The van der Waals surface area contributed by atoms with Crippen molar-refractivity contribution in [2.75, 3.05) is 13.2 Å². The molecular weight excluding hydrogens is 250 g/mol. The van der Waals surface area contributed by atoms with Gasteiger partial charge in [0.25, 0.3) is 5.91 Å². The number of aryl methyl sites for hydroxylation is 2. The third kappa shape index (κ3) is 3.40. The quantitative estimate of drug-likeness (QED) is 0.887. The maximum absolute atomic E-state index is 12.3. The second-order valence-corrected chi connectivity index (χ2v) is 6.22. The summed E-state index contributed by atoms with van der Waals surface area (Å²) in [6, 6.07) is 5.87. The summed E-state index contributed by atoms with van der Waals surface area (Å²) in [6.45, 7) is 4.73. The predicted octanol–water partition coefficient (Wildman–Crippen LogP) is 2.98. The van der Waals surface area contributed by atoms with Gasteiger partial charge in [0, 0.05) is 17.5 Å². The molecule has 110 valence electrons. The standard InChI is InChI=1S/C17H25NO2/c1-13-6-7-15(14(2)10-13)16(20)18-11-17(12-19)8-4-3-5-9-17/h6-7,10,19H,3-5,8-9,11-12H2,1-2H3,(H,18,20). The number of hydrogen-bond acceptors (Lipinski definition) is 2. The topological polar surface area (TPSA) is 49.3 Å². The van der Waals surface area contributed by atoms with Crippen molar-refractivity contribution in [2.24, 2.45) is 5.41 Å². The molecule has 1 aromatic carbocycles. The van der Waals surface area contributed by atoms with Crippen molar-refractivity contribution < 1.29 is 9.90 Å². The van der Waals surface area contributed by atoms with Gasteiger partial charge in [0.2, 0.25) is 0 Å². The third-order valence-electron chi connectivity index (χ3n) is 4.50. The minimum atomic E-state index is -0.105. The van der Waals surface area contributed by atoms with Gasteiger partial charge in [-0.3, -0.25) is 4.79 Å². The van der Waals surface area contributed by atoms with Crippen molar-refractivity contribution in [3.8, 4) is 0 Å². The highest BCUT2D eigenvalue weighted by Gasteiger charge is 2.31. The molecule has 0 bridgehead atoms. The van der Waals surface area contributed by atoms with Crippen LogP contribution in [-0.4, -0.2) is 24.2 Å². The van der Waals surface area contributed by atoms with Gasteiger partial charge < -0.3 is 10.4 Å². The van der Waals surface area contributed by atoms with Crippen molar-refractivity contribution in [1.82, 2.24) is 5.32 Å². The van der Waals surface area contributed by atoms with Crippen LogP contribution >= 0.6 is 0 Å². The van der Waals surface area contributed by atoms with E-state index in [1.165, 1.54) is 6.42 Å². The van der Waals surface area contributed by atoms with E-state index in [1.807, 2.05) is 32.0 Å². The molecule has 0 aliphatic heterocycles. The fourth-order valence-corrected chi connectivity index (χ4v) is 3.12. The Morgan fingerprint density at radius 1 is 1.25 bits per heavy atom. The molecule has 0 saturated heterocycles. The van der Waals surface area contributed by atoms with Gasteiger partial charge in [0.1, 0.15) is 0 Å². The first kappa shape index (κ1) is 15.0. The normalized spacial score (nSPS) is 17.8. The summed E-state index contributed by atoms with van der Waals surface area (Å²) < 4.78 is 0. The fourth-order valence-electron chi connectivity index (χ4n) is 3.12. The van der Waals surface area contributed by atoms with E-state index in [2.05, 4.69) is 5.32 Å². The molecule has 0 heterocycles. The first-order valence-electron chi connectivity index (χ1n) is 7.53. The van der Waals surface area contributed by atoms with E-state index in [9.17, 15) is 9.90 Å². The van der Waals surface area contributed by atoms with E-state index >= 15 is 0 Å². The summed E-state index contributed by atoms with van der Waals surface area (Å²) in [7, 11) is 0. The first-order chi connectivity index (χ1) is 9.56. The average molecular weight is 275 g/mol. The minimum absolute atomic E-state index is 0.0269. The van der Waals surface area contributed by atoms with Crippen LogP contribution in [0.25, 0.3) is 0 Å². The summed E-state index contributed by atoms with van der Waals surface area (Å²) in [5, 5.41) is 12.7. The average Bonchev–Trinajstić information content (AvgIpc) is 2.46. The maximum Gasteiger partial charge on any atom is 0.251 e. The number of rotatable bonds is 4. The smallest absolute Gasteiger partial charge is 0.251 e. The second-order valence-electron chi connectivity index (χ2n) is 6.22. The molecule has 1 aromatic rings. The Hall–Kier alpha value is -1.35. The van der Waals surface area contributed by atoms with Crippen molar-refractivity contribution in [3.63, 3.8) is 0 Å². The van der Waals surface area contributed by atoms with Gasteiger partial charge >= 0.3 is 0 Å².